The number of fused-ring (bicyclic) bond motifs is 1. The Bertz CT molecular complexity index is 433. The molecule has 0 amide bonds. The minimum absolute atomic E-state index is 0.538. The first kappa shape index (κ1) is 14.8. The van der Waals surface area contributed by atoms with Crippen molar-refractivity contribution < 1.29 is 49.7 Å². The molecular formula is C10H12O10. The summed E-state index contributed by atoms with van der Waals surface area (Å²) in [6.07, 6.45) is -8.18. The molecule has 0 aromatic carbocycles. The van der Waals surface area contributed by atoms with Crippen LogP contribution >= 0.6 is 0 Å². The maximum Gasteiger partial charge on any atom is 0.333 e. The maximum atomic E-state index is 11.3. The number of carbonyl (C=O) groups is 2. The van der Waals surface area contributed by atoms with Gasteiger partial charge >= 0.3 is 23.5 Å². The van der Waals surface area contributed by atoms with E-state index in [2.05, 4.69) is 9.47 Å². The van der Waals surface area contributed by atoms with Gasteiger partial charge in [0, 0.05) is 12.2 Å². The smallest absolute Gasteiger partial charge is 0.333 e. The molecule has 6 atom stereocenters. The van der Waals surface area contributed by atoms with E-state index >= 15 is 0 Å². The summed E-state index contributed by atoms with van der Waals surface area (Å²) >= 11 is 0. The number of aliphatic hydroxyl groups is 6. The van der Waals surface area contributed by atoms with Crippen molar-refractivity contribution in [3.8, 4) is 0 Å². The van der Waals surface area contributed by atoms with Crippen LogP contribution in [0.1, 0.15) is 0 Å². The molecule has 6 N–H and O–H groups in total. The molecule has 2 rings (SSSR count). The fraction of sp³-hybridized carbons (Fsp3) is 0.600. The first-order chi connectivity index (χ1) is 9.13. The third kappa shape index (κ3) is 1.82. The monoisotopic (exact) mass is 292 g/mol. The van der Waals surface area contributed by atoms with Crippen LogP contribution < -0.4 is 0 Å². The summed E-state index contributed by atoms with van der Waals surface area (Å²) in [7, 11) is 0. The van der Waals surface area contributed by atoms with E-state index in [1.165, 1.54) is 0 Å². The van der Waals surface area contributed by atoms with Gasteiger partial charge in [-0.25, -0.2) is 9.59 Å². The zero-order valence-corrected chi connectivity index (χ0v) is 9.78. The number of carbonyl (C=O) groups excluding carboxylic acids is 2. The average Bonchev–Trinajstić information content (AvgIpc) is 2.39. The number of hydrogen-bond donors (Lipinski definition) is 6. The van der Waals surface area contributed by atoms with Gasteiger partial charge in [-0.1, -0.05) is 0 Å². The van der Waals surface area contributed by atoms with Crippen LogP contribution in [0.4, 0.5) is 0 Å². The highest BCUT2D eigenvalue weighted by molar-refractivity contribution is 5.92. The van der Waals surface area contributed by atoms with E-state index in [-0.39, 0.29) is 0 Å². The highest BCUT2D eigenvalue weighted by atomic mass is 16.8. The molecule has 1 fully saturated rings. The number of aliphatic hydroxyl groups excluding tert-OH is 4. The summed E-state index contributed by atoms with van der Waals surface area (Å²) in [5, 5.41) is 58.5. The van der Waals surface area contributed by atoms with Gasteiger partial charge in [0.15, 0.2) is 12.2 Å². The lowest BCUT2D eigenvalue weighted by Gasteiger charge is -2.51. The second-order valence-corrected chi connectivity index (χ2v) is 4.44. The van der Waals surface area contributed by atoms with Crippen molar-refractivity contribution in [1.29, 1.82) is 0 Å². The SMILES string of the molecule is O=C1/C=C/C(=O)O[C@]2(O)[C@H](O)[C@H](O)[C@@H](O)[C@H](O)[C@]2(O)O1. The van der Waals surface area contributed by atoms with E-state index in [4.69, 9.17) is 0 Å². The molecule has 0 unspecified atom stereocenters. The minimum Gasteiger partial charge on any atom is -0.420 e. The zero-order chi connectivity index (χ0) is 15.3. The molecule has 0 aromatic heterocycles. The lowest BCUT2D eigenvalue weighted by molar-refractivity contribution is -0.441. The van der Waals surface area contributed by atoms with Crippen molar-refractivity contribution in [3.63, 3.8) is 0 Å². The Morgan fingerprint density at radius 3 is 1.40 bits per heavy atom. The normalized spacial score (nSPS) is 50.3. The fourth-order valence-corrected chi connectivity index (χ4v) is 2.04. The predicted octanol–water partition coefficient (Wildman–Crippen LogP) is -4.52. The number of hydrogen-bond acceptors (Lipinski definition) is 10. The first-order valence-electron chi connectivity index (χ1n) is 5.44. The molecule has 1 saturated carbocycles. The second-order valence-electron chi connectivity index (χ2n) is 4.44. The van der Waals surface area contributed by atoms with Crippen molar-refractivity contribution in [2.24, 2.45) is 0 Å². The van der Waals surface area contributed by atoms with E-state index < -0.39 is 47.9 Å². The van der Waals surface area contributed by atoms with Crippen molar-refractivity contribution in [2.45, 2.75) is 36.0 Å². The van der Waals surface area contributed by atoms with Gasteiger partial charge in [-0.2, -0.15) is 0 Å². The number of esters is 2. The van der Waals surface area contributed by atoms with E-state index in [1.807, 2.05) is 0 Å². The lowest BCUT2D eigenvalue weighted by atomic mass is 9.79. The van der Waals surface area contributed by atoms with E-state index in [1.54, 1.807) is 0 Å². The van der Waals surface area contributed by atoms with Gasteiger partial charge in [-0.15, -0.1) is 0 Å². The Morgan fingerprint density at radius 1 is 0.800 bits per heavy atom. The van der Waals surface area contributed by atoms with Gasteiger partial charge in [0.2, 0.25) is 0 Å². The third-order valence-corrected chi connectivity index (χ3v) is 3.18. The summed E-state index contributed by atoms with van der Waals surface area (Å²) in [6, 6.07) is 0. The molecule has 1 aliphatic carbocycles. The van der Waals surface area contributed by atoms with Crippen molar-refractivity contribution in [2.75, 3.05) is 0 Å². The Morgan fingerprint density at radius 2 is 1.10 bits per heavy atom. The molecule has 112 valence electrons. The van der Waals surface area contributed by atoms with Gasteiger partial charge in [0.25, 0.3) is 0 Å². The molecule has 20 heavy (non-hydrogen) atoms. The van der Waals surface area contributed by atoms with Gasteiger partial charge in [0.1, 0.15) is 12.2 Å². The molecule has 10 nitrogen and oxygen atoms in total. The quantitative estimate of drug-likeness (QED) is 0.239. The summed E-state index contributed by atoms with van der Waals surface area (Å²) in [4.78, 5) is 22.6. The summed E-state index contributed by atoms with van der Waals surface area (Å²) in [6.45, 7) is 0. The highest BCUT2D eigenvalue weighted by Gasteiger charge is 2.72. The highest BCUT2D eigenvalue weighted by Crippen LogP contribution is 2.41. The second kappa shape index (κ2) is 4.48. The summed E-state index contributed by atoms with van der Waals surface area (Å²) < 4.78 is 8.71. The van der Waals surface area contributed by atoms with Crippen LogP contribution in [0, 0.1) is 0 Å². The van der Waals surface area contributed by atoms with Crippen molar-refractivity contribution >= 4 is 11.9 Å². The van der Waals surface area contributed by atoms with Crippen LogP contribution in [0.2, 0.25) is 0 Å². The van der Waals surface area contributed by atoms with Gasteiger partial charge < -0.3 is 40.1 Å². The topological polar surface area (TPSA) is 174 Å². The summed E-state index contributed by atoms with van der Waals surface area (Å²) in [5.41, 5.74) is 0. The molecule has 10 heteroatoms. The number of rotatable bonds is 0. The molecule has 1 heterocycles. The standard InChI is InChI=1S/C10H12O10/c11-3-1-2-4(12)20-10(18)8(16)6(14)5(13)7(15)9(10,17)19-3/h1-2,5-8,13-18H/b2-1+/t5-,6-,7-,8+,9-,10+/m1/s1. The Labute approximate surface area is 111 Å². The minimum atomic E-state index is -3.37. The molecule has 0 radical (unpaired) electrons. The zero-order valence-electron chi connectivity index (χ0n) is 9.78. The number of ether oxygens (including phenoxy) is 2. The largest absolute Gasteiger partial charge is 0.420 e. The van der Waals surface area contributed by atoms with Gasteiger partial charge in [-0.05, 0) is 0 Å². The first-order valence-corrected chi connectivity index (χ1v) is 5.44. The molecule has 2 aliphatic rings. The van der Waals surface area contributed by atoms with Gasteiger partial charge in [0.05, 0.1) is 0 Å². The van der Waals surface area contributed by atoms with Crippen LogP contribution in [0.15, 0.2) is 12.2 Å². The molecule has 0 aromatic rings. The fourth-order valence-electron chi connectivity index (χ4n) is 2.04. The summed E-state index contributed by atoms with van der Waals surface area (Å²) in [5.74, 6) is -9.44. The predicted molar refractivity (Wildman–Crippen MR) is 55.3 cm³/mol. The molecule has 0 saturated heterocycles. The molecular weight excluding hydrogens is 280 g/mol. The molecule has 0 bridgehead atoms. The van der Waals surface area contributed by atoms with Crippen LogP contribution in [0.5, 0.6) is 0 Å². The molecule has 0 spiro atoms. The van der Waals surface area contributed by atoms with E-state index in [0.29, 0.717) is 12.2 Å². The lowest BCUT2D eigenvalue weighted by Crippen LogP contribution is -2.80. The van der Waals surface area contributed by atoms with Crippen molar-refractivity contribution in [3.05, 3.63) is 12.2 Å². The van der Waals surface area contributed by atoms with Crippen LogP contribution in [-0.2, 0) is 19.1 Å². The Hall–Kier alpha value is -1.56. The third-order valence-electron chi connectivity index (χ3n) is 3.18. The van der Waals surface area contributed by atoms with E-state index in [9.17, 15) is 40.2 Å². The van der Waals surface area contributed by atoms with Crippen LogP contribution in [0.3, 0.4) is 0 Å². The molecule has 1 aliphatic heterocycles. The Balaban J connectivity index is 2.58. The Kier molecular flexibility index (Phi) is 3.32. The van der Waals surface area contributed by atoms with E-state index in [0.717, 1.165) is 0 Å². The van der Waals surface area contributed by atoms with Gasteiger partial charge in [-0.3, -0.25) is 0 Å². The average molecular weight is 292 g/mol. The van der Waals surface area contributed by atoms with Crippen LogP contribution in [-0.4, -0.2) is 78.6 Å². The van der Waals surface area contributed by atoms with Crippen molar-refractivity contribution in [1.82, 2.24) is 0 Å². The van der Waals surface area contributed by atoms with Crippen LogP contribution in [0.25, 0.3) is 0 Å². The maximum absolute atomic E-state index is 11.3.